The Morgan fingerprint density at radius 1 is 1.29 bits per heavy atom. The molecule has 0 unspecified atom stereocenters. The average molecular weight is 187 g/mol. The monoisotopic (exact) mass is 187 g/mol. The first kappa shape index (κ1) is 10.7. The van der Waals surface area contributed by atoms with Crippen molar-refractivity contribution in [3.05, 3.63) is 54.1 Å². The van der Waals surface area contributed by atoms with E-state index in [1.54, 1.807) is 0 Å². The fourth-order valence-electron chi connectivity index (χ4n) is 1.33. The summed E-state index contributed by atoms with van der Waals surface area (Å²) in [6, 6.07) is 10.4. The first-order valence-electron chi connectivity index (χ1n) is 4.97. The molecule has 2 N–H and O–H groups in total. The van der Waals surface area contributed by atoms with Gasteiger partial charge in [-0.15, -0.1) is 0 Å². The molecule has 1 aromatic carbocycles. The van der Waals surface area contributed by atoms with E-state index in [2.05, 4.69) is 42.5 Å². The molecule has 0 bridgehead atoms. The summed E-state index contributed by atoms with van der Waals surface area (Å²) in [5.74, 6) is 0. The van der Waals surface area contributed by atoms with Gasteiger partial charge in [-0.3, -0.25) is 0 Å². The molecule has 14 heavy (non-hydrogen) atoms. The molecule has 1 aromatic rings. The van der Waals surface area contributed by atoms with Crippen molar-refractivity contribution in [1.82, 2.24) is 0 Å². The number of allylic oxidation sites excluding steroid dienone is 3. The minimum Gasteiger partial charge on any atom is -0.330 e. The molecule has 74 valence electrons. The summed E-state index contributed by atoms with van der Waals surface area (Å²) in [7, 11) is 0. The van der Waals surface area contributed by atoms with Crippen LogP contribution in [0.3, 0.4) is 0 Å². The molecule has 0 spiro atoms. The zero-order chi connectivity index (χ0) is 10.2. The Morgan fingerprint density at radius 3 is 2.57 bits per heavy atom. The van der Waals surface area contributed by atoms with Crippen LogP contribution in [0.5, 0.6) is 0 Å². The number of benzene rings is 1. The van der Waals surface area contributed by atoms with Crippen LogP contribution in [0.15, 0.2) is 48.6 Å². The molecule has 1 nitrogen and oxygen atoms in total. The molecule has 0 aliphatic rings. The maximum Gasteiger partial charge on any atom is -0.00423 e. The second-order valence-corrected chi connectivity index (χ2v) is 3.10. The van der Waals surface area contributed by atoms with Crippen LogP contribution in [0, 0.1) is 0 Å². The normalized spacial score (nSPS) is 12.3. The Kier molecular flexibility index (Phi) is 4.73. The third-order valence-electron chi connectivity index (χ3n) is 1.98. The number of hydrogen-bond donors (Lipinski definition) is 1. The van der Waals surface area contributed by atoms with Gasteiger partial charge in [0, 0.05) is 0 Å². The van der Waals surface area contributed by atoms with Crippen LogP contribution in [0.4, 0.5) is 0 Å². The van der Waals surface area contributed by atoms with Crippen molar-refractivity contribution in [1.29, 1.82) is 0 Å². The summed E-state index contributed by atoms with van der Waals surface area (Å²) >= 11 is 0. The summed E-state index contributed by atoms with van der Waals surface area (Å²) in [5.41, 5.74) is 7.98. The van der Waals surface area contributed by atoms with Crippen LogP contribution < -0.4 is 5.73 Å². The molecule has 0 fully saturated rings. The maximum absolute atomic E-state index is 5.48. The van der Waals surface area contributed by atoms with Crippen LogP contribution in [-0.4, -0.2) is 6.54 Å². The molecule has 0 atom stereocenters. The van der Waals surface area contributed by atoms with Gasteiger partial charge in [0.05, 0.1) is 0 Å². The standard InChI is InChI=1S/C13H17N/c1-2-7-12(10-6-11-14)13-8-4-3-5-9-13/h2-5,7-10H,6,11,14H2,1H3/b7-2-,12-10+. The van der Waals surface area contributed by atoms with E-state index in [0.29, 0.717) is 6.54 Å². The van der Waals surface area contributed by atoms with Gasteiger partial charge in [-0.1, -0.05) is 48.6 Å². The van der Waals surface area contributed by atoms with Crippen molar-refractivity contribution in [2.45, 2.75) is 13.3 Å². The molecule has 0 aromatic heterocycles. The van der Waals surface area contributed by atoms with Gasteiger partial charge in [-0.05, 0) is 31.0 Å². The highest BCUT2D eigenvalue weighted by atomic mass is 14.5. The van der Waals surface area contributed by atoms with Crippen LogP contribution in [0.1, 0.15) is 18.9 Å². The van der Waals surface area contributed by atoms with Gasteiger partial charge in [0.15, 0.2) is 0 Å². The quantitative estimate of drug-likeness (QED) is 0.720. The summed E-state index contributed by atoms with van der Waals surface area (Å²) in [4.78, 5) is 0. The molecule has 0 saturated heterocycles. The van der Waals surface area contributed by atoms with Crippen LogP contribution in [0.2, 0.25) is 0 Å². The predicted octanol–water partition coefficient (Wildman–Crippen LogP) is 2.99. The molecule has 0 aliphatic carbocycles. The Hall–Kier alpha value is -1.34. The van der Waals surface area contributed by atoms with Crippen LogP contribution in [-0.2, 0) is 0 Å². The summed E-state index contributed by atoms with van der Waals surface area (Å²) in [6.07, 6.45) is 7.27. The smallest absolute Gasteiger partial charge is 0.00423 e. The van der Waals surface area contributed by atoms with E-state index in [-0.39, 0.29) is 0 Å². The fourth-order valence-corrected chi connectivity index (χ4v) is 1.33. The van der Waals surface area contributed by atoms with E-state index >= 15 is 0 Å². The van der Waals surface area contributed by atoms with Crippen molar-refractivity contribution < 1.29 is 0 Å². The predicted molar refractivity (Wildman–Crippen MR) is 62.9 cm³/mol. The maximum atomic E-state index is 5.48. The first-order valence-corrected chi connectivity index (χ1v) is 4.97. The molecule has 0 heterocycles. The average Bonchev–Trinajstić information content (AvgIpc) is 2.25. The Balaban J connectivity index is 2.89. The van der Waals surface area contributed by atoms with E-state index in [0.717, 1.165) is 6.42 Å². The molecule has 0 radical (unpaired) electrons. The SMILES string of the molecule is C/C=C\C(=C/CCN)c1ccccc1. The first-order chi connectivity index (χ1) is 6.88. The van der Waals surface area contributed by atoms with Gasteiger partial charge in [0.25, 0.3) is 0 Å². The van der Waals surface area contributed by atoms with Gasteiger partial charge in [0.2, 0.25) is 0 Å². The van der Waals surface area contributed by atoms with Gasteiger partial charge in [0.1, 0.15) is 0 Å². The number of nitrogens with two attached hydrogens (primary N) is 1. The third kappa shape index (κ3) is 3.19. The van der Waals surface area contributed by atoms with Gasteiger partial charge in [-0.25, -0.2) is 0 Å². The van der Waals surface area contributed by atoms with Crippen molar-refractivity contribution in [2.24, 2.45) is 5.73 Å². The van der Waals surface area contributed by atoms with Crippen molar-refractivity contribution in [3.63, 3.8) is 0 Å². The molecule has 1 rings (SSSR count). The lowest BCUT2D eigenvalue weighted by Gasteiger charge is -2.01. The second-order valence-electron chi connectivity index (χ2n) is 3.10. The lowest BCUT2D eigenvalue weighted by atomic mass is 10.0. The van der Waals surface area contributed by atoms with E-state index in [4.69, 9.17) is 5.73 Å². The highest BCUT2D eigenvalue weighted by Gasteiger charge is 1.94. The minimum absolute atomic E-state index is 0.702. The third-order valence-corrected chi connectivity index (χ3v) is 1.98. The van der Waals surface area contributed by atoms with Crippen molar-refractivity contribution in [2.75, 3.05) is 6.54 Å². The molecule has 0 amide bonds. The lowest BCUT2D eigenvalue weighted by Crippen LogP contribution is -1.96. The molecule has 0 aliphatic heterocycles. The molecule has 1 heteroatoms. The zero-order valence-corrected chi connectivity index (χ0v) is 8.61. The van der Waals surface area contributed by atoms with E-state index < -0.39 is 0 Å². The number of rotatable bonds is 4. The summed E-state index contributed by atoms with van der Waals surface area (Å²) in [5, 5.41) is 0. The summed E-state index contributed by atoms with van der Waals surface area (Å²) < 4.78 is 0. The Bertz CT molecular complexity index is 309. The summed E-state index contributed by atoms with van der Waals surface area (Å²) in [6.45, 7) is 2.73. The molecular formula is C13H17N. The van der Waals surface area contributed by atoms with Crippen molar-refractivity contribution in [3.8, 4) is 0 Å². The topological polar surface area (TPSA) is 26.0 Å². The van der Waals surface area contributed by atoms with Crippen LogP contribution >= 0.6 is 0 Å². The fraction of sp³-hybridized carbons (Fsp3) is 0.231. The van der Waals surface area contributed by atoms with Gasteiger partial charge >= 0.3 is 0 Å². The van der Waals surface area contributed by atoms with E-state index in [9.17, 15) is 0 Å². The molecule has 0 saturated carbocycles. The minimum atomic E-state index is 0.702. The largest absolute Gasteiger partial charge is 0.330 e. The van der Waals surface area contributed by atoms with E-state index in [1.807, 2.05) is 13.0 Å². The zero-order valence-electron chi connectivity index (χ0n) is 8.61. The molecular weight excluding hydrogens is 170 g/mol. The highest BCUT2D eigenvalue weighted by Crippen LogP contribution is 2.15. The number of hydrogen-bond acceptors (Lipinski definition) is 1. The Labute approximate surface area is 85.9 Å². The second kappa shape index (κ2) is 6.17. The highest BCUT2D eigenvalue weighted by molar-refractivity contribution is 5.73. The van der Waals surface area contributed by atoms with E-state index in [1.165, 1.54) is 11.1 Å². The van der Waals surface area contributed by atoms with Crippen LogP contribution in [0.25, 0.3) is 5.57 Å². The lowest BCUT2D eigenvalue weighted by molar-refractivity contribution is 1.01. The van der Waals surface area contributed by atoms with Gasteiger partial charge < -0.3 is 5.73 Å². The van der Waals surface area contributed by atoms with Crippen molar-refractivity contribution >= 4 is 5.57 Å². The Morgan fingerprint density at radius 2 is 2.00 bits per heavy atom. The van der Waals surface area contributed by atoms with Gasteiger partial charge in [-0.2, -0.15) is 0 Å².